The summed E-state index contributed by atoms with van der Waals surface area (Å²) in [4.78, 5) is 2.67. The fourth-order valence-electron chi connectivity index (χ4n) is 13.7. The van der Waals surface area contributed by atoms with Gasteiger partial charge in [-0.05, 0) is 153 Å². The highest BCUT2D eigenvalue weighted by Gasteiger charge is 2.58. The molecule has 0 radical (unpaired) electrons. The van der Waals surface area contributed by atoms with Crippen LogP contribution in [-0.4, -0.2) is 0 Å². The maximum absolute atomic E-state index is 2.67. The lowest BCUT2D eigenvalue weighted by Gasteiger charge is -2.54. The SMILES string of the molecule is CCC1CC2CCCC(C2)C12c1ccccc1-c1cccc(N(c3ccc(-c4ccc5ccccc5c4)cc3)c3ccc4c(c3)-c3ccccc3C43CCCCC3)c12. The van der Waals surface area contributed by atoms with Gasteiger partial charge in [0.25, 0.3) is 0 Å². The van der Waals surface area contributed by atoms with Gasteiger partial charge in [0.1, 0.15) is 0 Å². The van der Waals surface area contributed by atoms with E-state index in [-0.39, 0.29) is 10.8 Å². The van der Waals surface area contributed by atoms with Gasteiger partial charge < -0.3 is 4.90 Å². The van der Waals surface area contributed by atoms with Crippen LogP contribution in [0.2, 0.25) is 0 Å². The highest BCUT2D eigenvalue weighted by atomic mass is 15.1. The van der Waals surface area contributed by atoms with E-state index in [1.165, 1.54) is 132 Å². The first kappa shape index (κ1) is 34.6. The Balaban J connectivity index is 1.09. The first-order chi connectivity index (χ1) is 28.7. The summed E-state index contributed by atoms with van der Waals surface area (Å²) in [6.45, 7) is 2.49. The van der Waals surface area contributed by atoms with Crippen molar-refractivity contribution in [3.63, 3.8) is 0 Å². The number of fused-ring (bicyclic) bond motifs is 14. The van der Waals surface area contributed by atoms with Gasteiger partial charge in [-0.2, -0.15) is 0 Å². The van der Waals surface area contributed by atoms with Crippen LogP contribution >= 0.6 is 0 Å². The van der Waals surface area contributed by atoms with Crippen LogP contribution in [0.4, 0.5) is 17.1 Å². The van der Waals surface area contributed by atoms with Crippen molar-refractivity contribution in [2.45, 2.75) is 88.4 Å². The molecule has 0 heterocycles. The molecule has 0 amide bonds. The van der Waals surface area contributed by atoms with E-state index >= 15 is 0 Å². The molecule has 7 aromatic carbocycles. The second-order valence-electron chi connectivity index (χ2n) is 18.5. The molecule has 2 bridgehead atoms. The summed E-state index contributed by atoms with van der Waals surface area (Å²) >= 11 is 0. The lowest BCUT2D eigenvalue weighted by molar-refractivity contribution is 0.0560. The van der Waals surface area contributed by atoms with Gasteiger partial charge in [-0.3, -0.25) is 0 Å². The molecule has 3 saturated carbocycles. The average molecular weight is 752 g/mol. The topological polar surface area (TPSA) is 3.24 Å². The molecule has 4 unspecified atom stereocenters. The van der Waals surface area contributed by atoms with Crippen LogP contribution in [0.5, 0.6) is 0 Å². The third-order valence-corrected chi connectivity index (χ3v) is 16.0. The van der Waals surface area contributed by atoms with Gasteiger partial charge >= 0.3 is 0 Å². The van der Waals surface area contributed by atoms with Crippen LogP contribution in [0.15, 0.2) is 152 Å². The summed E-state index contributed by atoms with van der Waals surface area (Å²) in [6.07, 6.45) is 14.5. The van der Waals surface area contributed by atoms with E-state index in [2.05, 4.69) is 163 Å². The molecule has 5 aliphatic rings. The van der Waals surface area contributed by atoms with Crippen molar-refractivity contribution < 1.29 is 0 Å². The van der Waals surface area contributed by atoms with Crippen molar-refractivity contribution in [2.75, 3.05) is 4.90 Å². The fraction of sp³-hybridized carbons (Fsp3) is 0.298. The van der Waals surface area contributed by atoms with Crippen LogP contribution in [-0.2, 0) is 10.8 Å². The minimum atomic E-state index is 0.00690. The van der Waals surface area contributed by atoms with Gasteiger partial charge in [0.15, 0.2) is 0 Å². The third-order valence-electron chi connectivity index (χ3n) is 16.0. The number of benzene rings is 7. The summed E-state index contributed by atoms with van der Waals surface area (Å²) in [6, 6.07) is 59.0. The van der Waals surface area contributed by atoms with Crippen LogP contribution in [0.1, 0.15) is 99.8 Å². The Labute approximate surface area is 344 Å². The Kier molecular flexibility index (Phi) is 7.95. The Morgan fingerprint density at radius 3 is 2.03 bits per heavy atom. The normalized spacial score (nSPS) is 23.4. The molecule has 0 aliphatic heterocycles. The Morgan fingerprint density at radius 2 is 1.21 bits per heavy atom. The first-order valence-corrected chi connectivity index (χ1v) is 22.5. The zero-order valence-corrected chi connectivity index (χ0v) is 33.9. The van der Waals surface area contributed by atoms with Crippen molar-refractivity contribution in [1.29, 1.82) is 0 Å². The molecular formula is C57H53N. The molecule has 3 fully saturated rings. The van der Waals surface area contributed by atoms with Gasteiger partial charge in [-0.25, -0.2) is 0 Å². The highest BCUT2D eigenvalue weighted by molar-refractivity contribution is 5.94. The predicted molar refractivity (Wildman–Crippen MR) is 243 cm³/mol. The van der Waals surface area contributed by atoms with E-state index in [1.54, 1.807) is 22.3 Å². The molecule has 7 aromatic rings. The van der Waals surface area contributed by atoms with Crippen molar-refractivity contribution in [2.24, 2.45) is 17.8 Å². The van der Waals surface area contributed by atoms with Gasteiger partial charge in [0.05, 0.1) is 5.69 Å². The molecule has 58 heavy (non-hydrogen) atoms. The van der Waals surface area contributed by atoms with E-state index in [1.807, 2.05) is 0 Å². The predicted octanol–water partition coefficient (Wildman–Crippen LogP) is 15.7. The number of hydrogen-bond donors (Lipinski definition) is 0. The largest absolute Gasteiger partial charge is 0.310 e. The molecule has 4 atom stereocenters. The molecule has 1 heteroatoms. The number of hydrogen-bond acceptors (Lipinski definition) is 1. The van der Waals surface area contributed by atoms with E-state index in [0.29, 0.717) is 11.8 Å². The molecule has 0 aromatic heterocycles. The minimum Gasteiger partial charge on any atom is -0.310 e. The molecule has 286 valence electrons. The number of rotatable bonds is 5. The summed E-state index contributed by atoms with van der Waals surface area (Å²) in [5.74, 6) is 2.14. The standard InChI is InChI=1S/C57H53N/c1-2-43-34-38-14-12-17-44(35-38)57(43)53-22-9-7-18-47(53)49-20-13-23-54(55(49)57)58(45-28-26-40(27-29-45)42-25-24-39-15-4-5-16-41(39)36-42)46-30-31-52-50(37-46)48-19-6-8-21-51(48)56(52)32-10-3-11-33-56/h4-9,13,15-16,18-31,36-38,43-44H,2-3,10-12,14,17,32-35H2,1H3. The zero-order valence-electron chi connectivity index (χ0n) is 33.9. The minimum absolute atomic E-state index is 0.00690. The molecule has 1 nitrogen and oxygen atoms in total. The number of anilines is 3. The summed E-state index contributed by atoms with van der Waals surface area (Å²) in [7, 11) is 0. The monoisotopic (exact) mass is 751 g/mol. The molecular weight excluding hydrogens is 699 g/mol. The first-order valence-electron chi connectivity index (χ1n) is 22.5. The molecule has 2 spiro atoms. The van der Waals surface area contributed by atoms with E-state index < -0.39 is 0 Å². The zero-order chi connectivity index (χ0) is 38.4. The maximum Gasteiger partial charge on any atom is 0.0509 e. The van der Waals surface area contributed by atoms with E-state index in [4.69, 9.17) is 0 Å². The van der Waals surface area contributed by atoms with Crippen molar-refractivity contribution in [1.82, 2.24) is 0 Å². The maximum atomic E-state index is 2.67. The summed E-state index contributed by atoms with van der Waals surface area (Å²) in [5, 5.41) is 2.57. The Morgan fingerprint density at radius 1 is 0.517 bits per heavy atom. The van der Waals surface area contributed by atoms with E-state index in [0.717, 1.165) is 5.92 Å². The van der Waals surface area contributed by atoms with Gasteiger partial charge in [-0.15, -0.1) is 0 Å². The van der Waals surface area contributed by atoms with Crippen molar-refractivity contribution in [3.8, 4) is 33.4 Å². The lowest BCUT2D eigenvalue weighted by Crippen LogP contribution is -2.49. The van der Waals surface area contributed by atoms with E-state index in [9.17, 15) is 0 Å². The molecule has 5 aliphatic carbocycles. The van der Waals surface area contributed by atoms with Gasteiger partial charge in [-0.1, -0.05) is 161 Å². The smallest absolute Gasteiger partial charge is 0.0509 e. The van der Waals surface area contributed by atoms with Crippen LogP contribution in [0.3, 0.4) is 0 Å². The lowest BCUT2D eigenvalue weighted by atomic mass is 9.49. The fourth-order valence-corrected chi connectivity index (χ4v) is 13.7. The highest BCUT2D eigenvalue weighted by Crippen LogP contribution is 2.67. The van der Waals surface area contributed by atoms with Crippen molar-refractivity contribution >= 4 is 27.8 Å². The second kappa shape index (κ2) is 13.3. The van der Waals surface area contributed by atoms with Crippen LogP contribution in [0.25, 0.3) is 44.2 Å². The van der Waals surface area contributed by atoms with Crippen molar-refractivity contribution in [3.05, 3.63) is 174 Å². The quantitative estimate of drug-likeness (QED) is 0.169. The number of nitrogens with zero attached hydrogens (tertiary/aromatic N) is 1. The van der Waals surface area contributed by atoms with Crippen LogP contribution < -0.4 is 4.90 Å². The summed E-state index contributed by atoms with van der Waals surface area (Å²) in [5.41, 5.74) is 18.7. The Hall–Kier alpha value is -5.40. The average Bonchev–Trinajstić information content (AvgIpc) is 3.73. The third kappa shape index (κ3) is 4.89. The van der Waals surface area contributed by atoms with Gasteiger partial charge in [0.2, 0.25) is 0 Å². The summed E-state index contributed by atoms with van der Waals surface area (Å²) < 4.78 is 0. The molecule has 0 N–H and O–H groups in total. The van der Waals surface area contributed by atoms with Crippen LogP contribution in [0, 0.1) is 17.8 Å². The molecule has 12 rings (SSSR count). The Bertz CT molecular complexity index is 2710. The van der Waals surface area contributed by atoms with Gasteiger partial charge in [0, 0.05) is 22.2 Å². The second-order valence-corrected chi connectivity index (χ2v) is 18.5. The molecule has 0 saturated heterocycles.